The summed E-state index contributed by atoms with van der Waals surface area (Å²) in [6, 6.07) is 15.2. The number of nitrogens with one attached hydrogen (secondary N) is 1. The van der Waals surface area contributed by atoms with Crippen molar-refractivity contribution in [1.29, 1.82) is 0 Å². The molecule has 0 amide bonds. The van der Waals surface area contributed by atoms with Crippen LogP contribution < -0.4 is 20.7 Å². The van der Waals surface area contributed by atoms with Crippen LogP contribution >= 0.6 is 0 Å². The Morgan fingerprint density at radius 3 is 2.45 bits per heavy atom. The summed E-state index contributed by atoms with van der Waals surface area (Å²) in [5, 5.41) is 10.5. The lowest BCUT2D eigenvalue weighted by molar-refractivity contribution is 0.354. The van der Waals surface area contributed by atoms with Crippen molar-refractivity contribution >= 4 is 6.21 Å². The third-order valence-corrected chi connectivity index (χ3v) is 4.87. The van der Waals surface area contributed by atoms with E-state index < -0.39 is 17.1 Å². The average molecular weight is 423 g/mol. The highest BCUT2D eigenvalue weighted by molar-refractivity contribution is 5.81. The van der Waals surface area contributed by atoms with Gasteiger partial charge < -0.3 is 14.6 Å². The van der Waals surface area contributed by atoms with Gasteiger partial charge in [-0.25, -0.2) is 4.79 Å². The van der Waals surface area contributed by atoms with Gasteiger partial charge >= 0.3 is 5.69 Å². The number of rotatable bonds is 9. The van der Waals surface area contributed by atoms with E-state index >= 15 is 0 Å². The molecule has 31 heavy (non-hydrogen) atoms. The predicted molar refractivity (Wildman–Crippen MR) is 119 cm³/mol. The Labute approximate surface area is 179 Å². The van der Waals surface area contributed by atoms with Gasteiger partial charge in [-0.3, -0.25) is 19.3 Å². The highest BCUT2D eigenvalue weighted by Gasteiger charge is 2.13. The number of aromatic nitrogens is 2. The van der Waals surface area contributed by atoms with Crippen LogP contribution in [-0.4, -0.2) is 41.6 Å². The molecule has 0 bridgehead atoms. The van der Waals surface area contributed by atoms with Gasteiger partial charge in [0.15, 0.2) is 11.5 Å². The number of aryl methyl sites for hydroxylation is 1. The first-order valence-corrected chi connectivity index (χ1v) is 9.84. The minimum absolute atomic E-state index is 0.0417. The van der Waals surface area contributed by atoms with Gasteiger partial charge in [0, 0.05) is 19.3 Å². The van der Waals surface area contributed by atoms with Crippen LogP contribution in [0.2, 0.25) is 0 Å². The van der Waals surface area contributed by atoms with Crippen LogP contribution in [0.4, 0.5) is 0 Å². The van der Waals surface area contributed by atoms with E-state index in [9.17, 15) is 14.7 Å². The van der Waals surface area contributed by atoms with Crippen LogP contribution in [0, 0.1) is 0 Å². The zero-order chi connectivity index (χ0) is 22.2. The fraction of sp³-hybridized carbons (Fsp3) is 0.261. The highest BCUT2D eigenvalue weighted by Crippen LogP contribution is 2.27. The summed E-state index contributed by atoms with van der Waals surface area (Å²) in [7, 11) is 3.10. The van der Waals surface area contributed by atoms with Gasteiger partial charge in [0.25, 0.3) is 5.56 Å². The van der Waals surface area contributed by atoms with Gasteiger partial charge in [-0.1, -0.05) is 36.4 Å². The number of hydrogen-bond donors (Lipinski definition) is 2. The van der Waals surface area contributed by atoms with E-state index in [4.69, 9.17) is 9.47 Å². The first kappa shape index (κ1) is 21.9. The van der Waals surface area contributed by atoms with Crippen LogP contribution in [0.3, 0.4) is 0 Å². The van der Waals surface area contributed by atoms with Gasteiger partial charge in [-0.15, -0.1) is 0 Å². The molecule has 3 aromatic rings. The second kappa shape index (κ2) is 10.3. The van der Waals surface area contributed by atoms with E-state index in [0.29, 0.717) is 30.9 Å². The van der Waals surface area contributed by atoms with E-state index in [1.807, 2.05) is 36.4 Å². The number of H-pyrrole nitrogens is 1. The number of aromatic hydroxyl groups is 1. The third kappa shape index (κ3) is 5.42. The Morgan fingerprint density at radius 2 is 1.74 bits per heavy atom. The fourth-order valence-electron chi connectivity index (χ4n) is 3.17. The van der Waals surface area contributed by atoms with Crippen LogP contribution in [0.5, 0.6) is 17.4 Å². The van der Waals surface area contributed by atoms with Gasteiger partial charge in [0.05, 0.1) is 14.2 Å². The smallest absolute Gasteiger partial charge is 0.331 e. The molecule has 1 heterocycles. The van der Waals surface area contributed by atoms with Crippen LogP contribution in [-0.2, 0) is 19.4 Å². The first-order valence-electron chi connectivity index (χ1n) is 9.84. The molecule has 8 nitrogen and oxygen atoms in total. The van der Waals surface area contributed by atoms with Gasteiger partial charge in [0.2, 0.25) is 5.88 Å². The molecule has 0 radical (unpaired) electrons. The van der Waals surface area contributed by atoms with Crippen molar-refractivity contribution in [2.75, 3.05) is 20.8 Å². The van der Waals surface area contributed by atoms with Crippen molar-refractivity contribution in [2.24, 2.45) is 4.99 Å². The molecule has 0 atom stereocenters. The van der Waals surface area contributed by atoms with Gasteiger partial charge in [-0.2, -0.15) is 0 Å². The second-order valence-corrected chi connectivity index (χ2v) is 6.86. The fourth-order valence-corrected chi connectivity index (χ4v) is 3.17. The highest BCUT2D eigenvalue weighted by atomic mass is 16.5. The molecule has 8 heteroatoms. The number of aromatic amines is 1. The minimum atomic E-state index is -0.676. The Kier molecular flexibility index (Phi) is 7.26. The number of ether oxygens (including phenoxy) is 2. The zero-order valence-corrected chi connectivity index (χ0v) is 17.5. The molecule has 0 aliphatic rings. The molecule has 2 aromatic carbocycles. The molecule has 2 N–H and O–H groups in total. The lowest BCUT2D eigenvalue weighted by Crippen LogP contribution is -2.32. The van der Waals surface area contributed by atoms with Crippen molar-refractivity contribution in [3.63, 3.8) is 0 Å². The number of hydrogen-bond acceptors (Lipinski definition) is 6. The summed E-state index contributed by atoms with van der Waals surface area (Å²) in [6.45, 7) is 0.620. The molecule has 0 unspecified atom stereocenters. The normalized spacial score (nSPS) is 11.0. The SMILES string of the molecule is COc1ccc(CCn2c(O)c(C=NCCc3ccccc3)c(=O)[nH]c2=O)cc1OC. The van der Waals surface area contributed by atoms with Crippen molar-refractivity contribution in [2.45, 2.75) is 19.4 Å². The lowest BCUT2D eigenvalue weighted by atomic mass is 10.1. The van der Waals surface area contributed by atoms with E-state index in [0.717, 1.165) is 15.7 Å². The molecule has 0 saturated heterocycles. The standard InChI is InChI=1S/C23H25N3O5/c1-30-19-9-8-17(14-20(19)31-2)11-13-26-22(28)18(21(27)25-23(26)29)15-24-12-10-16-6-4-3-5-7-16/h3-9,14-15,28H,10-13H2,1-2H3,(H,25,27,29). The molecule has 0 saturated carbocycles. The summed E-state index contributed by atoms with van der Waals surface area (Å²) in [5.41, 5.74) is 0.614. The molecule has 0 aliphatic heterocycles. The van der Waals surface area contributed by atoms with Crippen molar-refractivity contribution in [1.82, 2.24) is 9.55 Å². The molecule has 1 aromatic heterocycles. The van der Waals surface area contributed by atoms with E-state index in [-0.39, 0.29) is 12.1 Å². The minimum Gasteiger partial charge on any atom is -0.494 e. The Bertz CT molecular complexity index is 1170. The maximum Gasteiger partial charge on any atom is 0.331 e. The Morgan fingerprint density at radius 1 is 1.00 bits per heavy atom. The van der Waals surface area contributed by atoms with E-state index in [2.05, 4.69) is 9.98 Å². The lowest BCUT2D eigenvalue weighted by Gasteiger charge is -2.12. The Balaban J connectivity index is 1.75. The van der Waals surface area contributed by atoms with Crippen LogP contribution in [0.1, 0.15) is 16.7 Å². The van der Waals surface area contributed by atoms with Crippen LogP contribution in [0.25, 0.3) is 0 Å². The molecule has 3 rings (SSSR count). The summed E-state index contributed by atoms with van der Waals surface area (Å²) < 4.78 is 11.6. The maximum atomic E-state index is 12.2. The summed E-state index contributed by atoms with van der Waals surface area (Å²) >= 11 is 0. The molecule has 162 valence electrons. The van der Waals surface area contributed by atoms with E-state index in [1.165, 1.54) is 6.21 Å². The summed E-state index contributed by atoms with van der Waals surface area (Å²) in [6.07, 6.45) is 2.45. The van der Waals surface area contributed by atoms with Crippen LogP contribution in [0.15, 0.2) is 63.1 Å². The quantitative estimate of drug-likeness (QED) is 0.513. The molecule has 0 spiro atoms. The average Bonchev–Trinajstić information content (AvgIpc) is 2.78. The molecule has 0 aliphatic carbocycles. The van der Waals surface area contributed by atoms with Crippen molar-refractivity contribution < 1.29 is 14.6 Å². The number of nitrogens with zero attached hydrogens (tertiary/aromatic N) is 2. The summed E-state index contributed by atoms with van der Waals surface area (Å²) in [4.78, 5) is 30.9. The zero-order valence-electron chi connectivity index (χ0n) is 17.5. The third-order valence-electron chi connectivity index (χ3n) is 4.87. The molecular formula is C23H25N3O5. The molecule has 0 fully saturated rings. The first-order chi connectivity index (χ1) is 15.0. The van der Waals surface area contributed by atoms with Crippen molar-refractivity contribution in [3.05, 3.63) is 86.1 Å². The predicted octanol–water partition coefficient (Wildman–Crippen LogP) is 2.16. The maximum absolute atomic E-state index is 12.2. The second-order valence-electron chi connectivity index (χ2n) is 6.86. The Hall–Kier alpha value is -3.81. The number of methoxy groups -OCH3 is 2. The summed E-state index contributed by atoms with van der Waals surface area (Å²) in [5.74, 6) is 0.770. The number of aliphatic imine (C=N–C) groups is 1. The monoisotopic (exact) mass is 423 g/mol. The van der Waals surface area contributed by atoms with Gasteiger partial charge in [0.1, 0.15) is 5.56 Å². The van der Waals surface area contributed by atoms with E-state index in [1.54, 1.807) is 26.4 Å². The van der Waals surface area contributed by atoms with Gasteiger partial charge in [-0.05, 0) is 36.1 Å². The number of benzene rings is 2. The largest absolute Gasteiger partial charge is 0.494 e. The van der Waals surface area contributed by atoms with Crippen molar-refractivity contribution in [3.8, 4) is 17.4 Å². The topological polar surface area (TPSA) is 106 Å². The molecular weight excluding hydrogens is 398 g/mol.